The lowest BCUT2D eigenvalue weighted by molar-refractivity contribution is -0.126. The lowest BCUT2D eigenvalue weighted by Crippen LogP contribution is -2.18. The van der Waals surface area contributed by atoms with E-state index in [2.05, 4.69) is 12.1 Å². The fraction of sp³-hybridized carbons (Fsp3) is 0.588. The summed E-state index contributed by atoms with van der Waals surface area (Å²) in [6.45, 7) is 0.786. The Morgan fingerprint density at radius 1 is 1.19 bits per heavy atom. The average molecular weight is 289 g/mol. The van der Waals surface area contributed by atoms with Crippen LogP contribution < -0.4 is 9.47 Å². The molecule has 114 valence electrons. The van der Waals surface area contributed by atoms with Crippen molar-refractivity contribution in [2.75, 3.05) is 20.7 Å². The summed E-state index contributed by atoms with van der Waals surface area (Å²) in [5.74, 6) is 2.08. The molecule has 1 atom stereocenters. The third kappa shape index (κ3) is 2.99. The first kappa shape index (κ1) is 14.2. The molecule has 0 aromatic heterocycles. The Morgan fingerprint density at radius 2 is 1.95 bits per heavy atom. The molecule has 2 fully saturated rings. The number of methoxy groups -OCH3 is 1. The summed E-state index contributed by atoms with van der Waals surface area (Å²) in [4.78, 5) is 13.5. The first-order valence-electron chi connectivity index (χ1n) is 7.76. The van der Waals surface area contributed by atoms with Crippen LogP contribution in [0.5, 0.6) is 11.5 Å². The number of ether oxygens (including phenoxy) is 2. The van der Waals surface area contributed by atoms with Gasteiger partial charge in [-0.1, -0.05) is 6.07 Å². The molecule has 1 aromatic carbocycles. The number of benzene rings is 1. The number of hydrogen-bond acceptors (Lipinski definition) is 3. The van der Waals surface area contributed by atoms with E-state index in [1.165, 1.54) is 18.4 Å². The number of nitrogens with zero attached hydrogens (tertiary/aromatic N) is 1. The van der Waals surface area contributed by atoms with E-state index in [9.17, 15) is 4.79 Å². The average Bonchev–Trinajstić information content (AvgIpc) is 3.10. The van der Waals surface area contributed by atoms with Crippen molar-refractivity contribution >= 4 is 5.91 Å². The summed E-state index contributed by atoms with van der Waals surface area (Å²) < 4.78 is 11.5. The summed E-state index contributed by atoms with van der Waals surface area (Å²) in [5, 5.41) is 0. The van der Waals surface area contributed by atoms with Crippen molar-refractivity contribution in [3.05, 3.63) is 23.8 Å². The second kappa shape index (κ2) is 5.96. The topological polar surface area (TPSA) is 38.8 Å². The van der Waals surface area contributed by atoms with Gasteiger partial charge < -0.3 is 14.4 Å². The van der Waals surface area contributed by atoms with Gasteiger partial charge in [-0.2, -0.15) is 0 Å². The molecule has 1 aromatic rings. The van der Waals surface area contributed by atoms with Crippen LogP contribution in [0.25, 0.3) is 0 Å². The third-order valence-corrected chi connectivity index (χ3v) is 4.60. The SMILES string of the molecule is COc1ccc([C@@H]2CC(=O)N(C)C2)cc1OC1CCCC1. The van der Waals surface area contributed by atoms with Gasteiger partial charge in [0.1, 0.15) is 0 Å². The Balaban J connectivity index is 1.80. The highest BCUT2D eigenvalue weighted by Gasteiger charge is 2.29. The van der Waals surface area contributed by atoms with E-state index in [-0.39, 0.29) is 11.8 Å². The smallest absolute Gasteiger partial charge is 0.223 e. The minimum absolute atomic E-state index is 0.217. The molecule has 21 heavy (non-hydrogen) atoms. The van der Waals surface area contributed by atoms with E-state index in [0.29, 0.717) is 12.5 Å². The largest absolute Gasteiger partial charge is 0.493 e. The van der Waals surface area contributed by atoms with Gasteiger partial charge >= 0.3 is 0 Å². The highest BCUT2D eigenvalue weighted by Crippen LogP contribution is 2.36. The molecule has 3 rings (SSSR count). The predicted molar refractivity (Wildman–Crippen MR) is 80.9 cm³/mol. The molecule has 4 heteroatoms. The molecule has 2 aliphatic rings. The molecule has 0 radical (unpaired) electrons. The van der Waals surface area contributed by atoms with E-state index in [0.717, 1.165) is 30.9 Å². The summed E-state index contributed by atoms with van der Waals surface area (Å²) >= 11 is 0. The van der Waals surface area contributed by atoms with Crippen LogP contribution >= 0.6 is 0 Å². The summed E-state index contributed by atoms with van der Waals surface area (Å²) in [6, 6.07) is 6.08. The minimum atomic E-state index is 0.217. The van der Waals surface area contributed by atoms with Crippen molar-refractivity contribution in [1.29, 1.82) is 0 Å². The first-order valence-corrected chi connectivity index (χ1v) is 7.76. The second-order valence-electron chi connectivity index (χ2n) is 6.11. The van der Waals surface area contributed by atoms with Crippen molar-refractivity contribution in [2.45, 2.75) is 44.1 Å². The monoisotopic (exact) mass is 289 g/mol. The van der Waals surface area contributed by atoms with Crippen LogP contribution in [0.15, 0.2) is 18.2 Å². The zero-order valence-electron chi connectivity index (χ0n) is 12.8. The zero-order valence-corrected chi connectivity index (χ0v) is 12.8. The van der Waals surface area contributed by atoms with Crippen LogP contribution in [-0.2, 0) is 4.79 Å². The molecule has 1 saturated heterocycles. The quantitative estimate of drug-likeness (QED) is 0.855. The standard InChI is InChI=1S/C17H23NO3/c1-18-11-13(10-17(18)19)12-7-8-15(20-2)16(9-12)21-14-5-3-4-6-14/h7-9,13-14H,3-6,10-11H2,1-2H3/t13-/m1/s1. The molecule has 1 aliphatic carbocycles. The van der Waals surface area contributed by atoms with E-state index in [4.69, 9.17) is 9.47 Å². The third-order valence-electron chi connectivity index (χ3n) is 4.60. The first-order chi connectivity index (χ1) is 10.2. The van der Waals surface area contributed by atoms with Crippen molar-refractivity contribution in [1.82, 2.24) is 4.90 Å². The van der Waals surface area contributed by atoms with Gasteiger partial charge in [0, 0.05) is 25.9 Å². The molecule has 4 nitrogen and oxygen atoms in total. The predicted octanol–water partition coefficient (Wildman–Crippen LogP) is 2.96. The fourth-order valence-electron chi connectivity index (χ4n) is 3.31. The van der Waals surface area contributed by atoms with Crippen LogP contribution in [0.2, 0.25) is 0 Å². The molecular formula is C17H23NO3. The van der Waals surface area contributed by atoms with Gasteiger partial charge in [-0.25, -0.2) is 0 Å². The van der Waals surface area contributed by atoms with Crippen LogP contribution in [-0.4, -0.2) is 37.6 Å². The number of hydrogen-bond donors (Lipinski definition) is 0. The number of carbonyl (C=O) groups is 1. The number of likely N-dealkylation sites (N-methyl/N-ethyl adjacent to an activating group) is 1. The second-order valence-corrected chi connectivity index (χ2v) is 6.11. The minimum Gasteiger partial charge on any atom is -0.493 e. The Kier molecular flexibility index (Phi) is 4.04. The van der Waals surface area contributed by atoms with Crippen molar-refractivity contribution in [3.63, 3.8) is 0 Å². The zero-order chi connectivity index (χ0) is 14.8. The van der Waals surface area contributed by atoms with Crippen LogP contribution in [0.1, 0.15) is 43.6 Å². The van der Waals surface area contributed by atoms with E-state index in [1.807, 2.05) is 13.1 Å². The summed E-state index contributed by atoms with van der Waals surface area (Å²) in [7, 11) is 3.53. The van der Waals surface area contributed by atoms with Gasteiger partial charge in [0.15, 0.2) is 11.5 Å². The van der Waals surface area contributed by atoms with Gasteiger partial charge in [-0.15, -0.1) is 0 Å². The van der Waals surface area contributed by atoms with Crippen LogP contribution in [0.3, 0.4) is 0 Å². The Morgan fingerprint density at radius 3 is 2.57 bits per heavy atom. The van der Waals surface area contributed by atoms with Crippen LogP contribution in [0.4, 0.5) is 0 Å². The molecule has 1 saturated carbocycles. The van der Waals surface area contributed by atoms with Gasteiger partial charge in [0.2, 0.25) is 5.91 Å². The lowest BCUT2D eigenvalue weighted by atomic mass is 9.98. The van der Waals surface area contributed by atoms with Crippen molar-refractivity contribution in [2.24, 2.45) is 0 Å². The molecule has 0 N–H and O–H groups in total. The maximum atomic E-state index is 11.7. The molecule has 1 amide bonds. The van der Waals surface area contributed by atoms with Gasteiger partial charge in [-0.05, 0) is 43.4 Å². The van der Waals surface area contributed by atoms with Gasteiger partial charge in [0.05, 0.1) is 13.2 Å². The van der Waals surface area contributed by atoms with Gasteiger partial charge in [-0.3, -0.25) is 4.79 Å². The normalized spacial score (nSPS) is 22.9. The molecular weight excluding hydrogens is 266 g/mol. The van der Waals surface area contributed by atoms with E-state index in [1.54, 1.807) is 12.0 Å². The van der Waals surface area contributed by atoms with E-state index >= 15 is 0 Å². The van der Waals surface area contributed by atoms with E-state index < -0.39 is 0 Å². The molecule has 1 aliphatic heterocycles. The van der Waals surface area contributed by atoms with Crippen molar-refractivity contribution < 1.29 is 14.3 Å². The molecule has 0 spiro atoms. The number of rotatable bonds is 4. The van der Waals surface area contributed by atoms with Crippen LogP contribution in [0, 0.1) is 0 Å². The fourth-order valence-corrected chi connectivity index (χ4v) is 3.31. The Bertz CT molecular complexity index is 523. The number of amides is 1. The molecule has 0 unspecified atom stereocenters. The maximum Gasteiger partial charge on any atom is 0.223 e. The molecule has 0 bridgehead atoms. The number of carbonyl (C=O) groups excluding carboxylic acids is 1. The summed E-state index contributed by atoms with van der Waals surface area (Å²) in [6.07, 6.45) is 5.63. The molecule has 1 heterocycles. The highest BCUT2D eigenvalue weighted by atomic mass is 16.5. The lowest BCUT2D eigenvalue weighted by Gasteiger charge is -2.18. The maximum absolute atomic E-state index is 11.7. The number of likely N-dealkylation sites (tertiary alicyclic amines) is 1. The van der Waals surface area contributed by atoms with Crippen molar-refractivity contribution in [3.8, 4) is 11.5 Å². The van der Waals surface area contributed by atoms with Gasteiger partial charge in [0.25, 0.3) is 0 Å². The summed E-state index contributed by atoms with van der Waals surface area (Å²) in [5.41, 5.74) is 1.17. The Labute approximate surface area is 126 Å². The highest BCUT2D eigenvalue weighted by molar-refractivity contribution is 5.79. The Hall–Kier alpha value is -1.71.